The van der Waals surface area contributed by atoms with Crippen molar-refractivity contribution in [1.29, 1.82) is 5.26 Å². The van der Waals surface area contributed by atoms with Crippen LogP contribution in [0.2, 0.25) is 0 Å². The molecular weight excluding hydrogens is 246 g/mol. The molecule has 19 heavy (non-hydrogen) atoms. The first-order chi connectivity index (χ1) is 9.14. The Hall–Kier alpha value is -1.61. The van der Waals surface area contributed by atoms with Crippen LogP contribution >= 0.6 is 0 Å². The summed E-state index contributed by atoms with van der Waals surface area (Å²) in [5, 5.41) is 14.5. The van der Waals surface area contributed by atoms with Gasteiger partial charge in [0.05, 0.1) is 12.7 Å². The van der Waals surface area contributed by atoms with Gasteiger partial charge in [-0.3, -0.25) is 9.59 Å². The second kappa shape index (κ2) is 7.74. The van der Waals surface area contributed by atoms with E-state index < -0.39 is 5.41 Å². The Morgan fingerprint density at radius 3 is 2.53 bits per heavy atom. The van der Waals surface area contributed by atoms with E-state index >= 15 is 0 Å². The molecule has 6 nitrogen and oxygen atoms in total. The van der Waals surface area contributed by atoms with E-state index in [2.05, 4.69) is 16.7 Å². The van der Waals surface area contributed by atoms with E-state index in [0.29, 0.717) is 26.0 Å². The predicted octanol–water partition coefficient (Wildman–Crippen LogP) is 0.339. The Morgan fingerprint density at radius 2 is 1.95 bits per heavy atom. The molecule has 2 N–H and O–H groups in total. The maximum atomic E-state index is 12.0. The average molecular weight is 267 g/mol. The summed E-state index contributed by atoms with van der Waals surface area (Å²) in [5.74, 6) is -0.369. The molecule has 0 spiro atoms. The molecule has 106 valence electrons. The zero-order valence-corrected chi connectivity index (χ0v) is 11.3. The number of ether oxygens (including phenoxy) is 1. The highest BCUT2D eigenvalue weighted by molar-refractivity contribution is 5.86. The van der Waals surface area contributed by atoms with Crippen LogP contribution in [0, 0.1) is 16.7 Å². The maximum absolute atomic E-state index is 12.0. The van der Waals surface area contributed by atoms with Crippen LogP contribution in [-0.2, 0) is 14.3 Å². The van der Waals surface area contributed by atoms with Gasteiger partial charge < -0.3 is 15.4 Å². The lowest BCUT2D eigenvalue weighted by Gasteiger charge is -2.19. The summed E-state index contributed by atoms with van der Waals surface area (Å²) >= 11 is 0. The third-order valence-corrected chi connectivity index (χ3v) is 3.37. The van der Waals surface area contributed by atoms with E-state index in [0.717, 1.165) is 12.8 Å². The van der Waals surface area contributed by atoms with Gasteiger partial charge in [-0.2, -0.15) is 5.26 Å². The third kappa shape index (κ3) is 4.52. The molecule has 1 rings (SSSR count). The maximum Gasteiger partial charge on any atom is 0.240 e. The van der Waals surface area contributed by atoms with Crippen LogP contribution in [0.1, 0.15) is 32.1 Å². The van der Waals surface area contributed by atoms with Gasteiger partial charge in [0.1, 0.15) is 5.41 Å². The molecule has 0 saturated heterocycles. The second-order valence-electron chi connectivity index (χ2n) is 4.75. The van der Waals surface area contributed by atoms with Gasteiger partial charge in [0.15, 0.2) is 0 Å². The fourth-order valence-corrected chi connectivity index (χ4v) is 2.21. The first kappa shape index (κ1) is 15.4. The van der Waals surface area contributed by atoms with Gasteiger partial charge in [0, 0.05) is 26.6 Å². The first-order valence-electron chi connectivity index (χ1n) is 6.60. The average Bonchev–Trinajstić information content (AvgIpc) is 2.89. The van der Waals surface area contributed by atoms with E-state index in [-0.39, 0.29) is 24.8 Å². The van der Waals surface area contributed by atoms with Gasteiger partial charge in [-0.25, -0.2) is 0 Å². The highest BCUT2D eigenvalue weighted by Crippen LogP contribution is 2.37. The standard InChI is InChI=1S/C13H21N3O3/c1-19-9-8-15-11(17)4-7-16-12(18)13(10-14)5-2-3-6-13/h2-9H2,1H3,(H,15,17)(H,16,18). The number of nitrogens with zero attached hydrogens (tertiary/aromatic N) is 1. The summed E-state index contributed by atoms with van der Waals surface area (Å²) in [6, 6.07) is 2.13. The molecule has 0 radical (unpaired) electrons. The number of amides is 2. The molecule has 0 aromatic heterocycles. The van der Waals surface area contributed by atoms with Crippen LogP contribution in [-0.4, -0.2) is 38.6 Å². The minimum atomic E-state index is -0.869. The summed E-state index contributed by atoms with van der Waals surface area (Å²) < 4.78 is 4.81. The molecule has 0 unspecified atom stereocenters. The molecule has 0 atom stereocenters. The monoisotopic (exact) mass is 267 g/mol. The SMILES string of the molecule is COCCNC(=O)CCNC(=O)C1(C#N)CCCC1. The van der Waals surface area contributed by atoms with E-state index in [1.165, 1.54) is 0 Å². The Balaban J connectivity index is 2.23. The van der Waals surface area contributed by atoms with Gasteiger partial charge in [-0.15, -0.1) is 0 Å². The van der Waals surface area contributed by atoms with Crippen molar-refractivity contribution in [1.82, 2.24) is 10.6 Å². The number of hydrogen-bond acceptors (Lipinski definition) is 4. The minimum absolute atomic E-state index is 0.130. The van der Waals surface area contributed by atoms with Crippen molar-refractivity contribution in [2.45, 2.75) is 32.1 Å². The van der Waals surface area contributed by atoms with Crippen molar-refractivity contribution in [2.75, 3.05) is 26.8 Å². The molecule has 6 heteroatoms. The Kier molecular flexibility index (Phi) is 6.30. The largest absolute Gasteiger partial charge is 0.383 e. The second-order valence-corrected chi connectivity index (χ2v) is 4.75. The molecule has 1 saturated carbocycles. The van der Waals surface area contributed by atoms with Crippen molar-refractivity contribution >= 4 is 11.8 Å². The number of nitrogens with one attached hydrogen (secondary N) is 2. The molecule has 2 amide bonds. The molecule has 0 heterocycles. The van der Waals surface area contributed by atoms with Crippen LogP contribution in [0.4, 0.5) is 0 Å². The fraction of sp³-hybridized carbons (Fsp3) is 0.769. The quantitative estimate of drug-likeness (QED) is 0.651. The topological polar surface area (TPSA) is 91.2 Å². The zero-order valence-electron chi connectivity index (χ0n) is 11.3. The molecular formula is C13H21N3O3. The number of hydrogen-bond donors (Lipinski definition) is 2. The Labute approximate surface area is 113 Å². The minimum Gasteiger partial charge on any atom is -0.383 e. The van der Waals surface area contributed by atoms with Crippen LogP contribution in [0.5, 0.6) is 0 Å². The normalized spacial score (nSPS) is 16.6. The number of rotatable bonds is 7. The number of carbonyl (C=O) groups is 2. The molecule has 0 aliphatic heterocycles. The van der Waals surface area contributed by atoms with Crippen LogP contribution in [0.3, 0.4) is 0 Å². The van der Waals surface area contributed by atoms with Crippen molar-refractivity contribution in [3.63, 3.8) is 0 Å². The van der Waals surface area contributed by atoms with Crippen molar-refractivity contribution in [3.05, 3.63) is 0 Å². The van der Waals surface area contributed by atoms with Crippen molar-refractivity contribution in [3.8, 4) is 6.07 Å². The van der Waals surface area contributed by atoms with E-state index in [4.69, 9.17) is 10.00 Å². The molecule has 0 bridgehead atoms. The third-order valence-electron chi connectivity index (χ3n) is 3.37. The number of methoxy groups -OCH3 is 1. The van der Waals surface area contributed by atoms with Gasteiger partial charge in [-0.1, -0.05) is 12.8 Å². The molecule has 1 aliphatic carbocycles. The van der Waals surface area contributed by atoms with Gasteiger partial charge in [-0.05, 0) is 12.8 Å². The fourth-order valence-electron chi connectivity index (χ4n) is 2.21. The van der Waals surface area contributed by atoms with Gasteiger partial charge in [0.25, 0.3) is 0 Å². The highest BCUT2D eigenvalue weighted by atomic mass is 16.5. The van der Waals surface area contributed by atoms with E-state index in [1.54, 1.807) is 7.11 Å². The molecule has 0 aromatic carbocycles. The summed E-state index contributed by atoms with van der Waals surface area (Å²) in [5.41, 5.74) is -0.869. The molecule has 0 aromatic rings. The zero-order chi connectivity index (χ0) is 14.1. The van der Waals surface area contributed by atoms with E-state index in [9.17, 15) is 9.59 Å². The lowest BCUT2D eigenvalue weighted by molar-refractivity contribution is -0.128. The smallest absolute Gasteiger partial charge is 0.240 e. The predicted molar refractivity (Wildman–Crippen MR) is 69.0 cm³/mol. The Bertz CT molecular complexity index is 357. The number of carbonyl (C=O) groups excluding carboxylic acids is 2. The number of nitriles is 1. The Morgan fingerprint density at radius 1 is 1.26 bits per heavy atom. The van der Waals surface area contributed by atoms with Gasteiger partial charge in [0.2, 0.25) is 11.8 Å². The molecule has 1 fully saturated rings. The van der Waals surface area contributed by atoms with Crippen LogP contribution < -0.4 is 10.6 Å². The van der Waals surface area contributed by atoms with E-state index in [1.807, 2.05) is 0 Å². The van der Waals surface area contributed by atoms with Crippen molar-refractivity contribution < 1.29 is 14.3 Å². The van der Waals surface area contributed by atoms with Crippen LogP contribution in [0.25, 0.3) is 0 Å². The summed E-state index contributed by atoms with van der Waals surface area (Å²) in [6.45, 7) is 1.20. The highest BCUT2D eigenvalue weighted by Gasteiger charge is 2.41. The van der Waals surface area contributed by atoms with Crippen molar-refractivity contribution in [2.24, 2.45) is 5.41 Å². The summed E-state index contributed by atoms with van der Waals surface area (Å²) in [4.78, 5) is 23.3. The summed E-state index contributed by atoms with van der Waals surface area (Å²) in [7, 11) is 1.56. The van der Waals surface area contributed by atoms with Gasteiger partial charge >= 0.3 is 0 Å². The lowest BCUT2D eigenvalue weighted by atomic mass is 9.87. The van der Waals surface area contributed by atoms with Crippen LogP contribution in [0.15, 0.2) is 0 Å². The first-order valence-corrected chi connectivity index (χ1v) is 6.60. The lowest BCUT2D eigenvalue weighted by Crippen LogP contribution is -2.40. The molecule has 1 aliphatic rings. The summed E-state index contributed by atoms with van der Waals surface area (Å²) in [6.07, 6.45) is 3.29.